The highest BCUT2D eigenvalue weighted by Crippen LogP contribution is 2.13. The molecule has 0 saturated carbocycles. The topological polar surface area (TPSA) is 107 Å². The minimum atomic E-state index is -0.664. The molecule has 1 aliphatic rings. The van der Waals surface area contributed by atoms with E-state index in [2.05, 4.69) is 10.1 Å². The van der Waals surface area contributed by atoms with Gasteiger partial charge in [-0.15, -0.1) is 11.3 Å². The Balaban J connectivity index is 1.99. The molecule has 23 heavy (non-hydrogen) atoms. The molecule has 1 aliphatic heterocycles. The summed E-state index contributed by atoms with van der Waals surface area (Å²) in [5.41, 5.74) is 5.75. The van der Waals surface area contributed by atoms with E-state index in [0.29, 0.717) is 5.13 Å². The fourth-order valence-corrected chi connectivity index (χ4v) is 2.72. The lowest BCUT2D eigenvalue weighted by Crippen LogP contribution is -2.37. The first-order chi connectivity index (χ1) is 11.1. The van der Waals surface area contributed by atoms with Gasteiger partial charge in [0.25, 0.3) is 5.91 Å². The zero-order valence-corrected chi connectivity index (χ0v) is 13.8. The van der Waals surface area contributed by atoms with Crippen LogP contribution in [-0.2, 0) is 19.2 Å². The van der Waals surface area contributed by atoms with Crippen LogP contribution in [0.15, 0.2) is 10.5 Å². The summed E-state index contributed by atoms with van der Waals surface area (Å²) in [5, 5.41) is 5.63. The molecule has 0 atom stereocenters. The lowest BCUT2D eigenvalue weighted by molar-refractivity contribution is -0.138. The van der Waals surface area contributed by atoms with E-state index in [-0.39, 0.29) is 30.5 Å². The van der Waals surface area contributed by atoms with E-state index in [1.54, 1.807) is 17.2 Å². The van der Waals surface area contributed by atoms with Gasteiger partial charge in [0.05, 0.1) is 6.61 Å². The maximum Gasteiger partial charge on any atom is 0.362 e. The van der Waals surface area contributed by atoms with Crippen molar-refractivity contribution in [2.45, 2.75) is 26.2 Å². The third-order valence-corrected chi connectivity index (χ3v) is 3.96. The number of likely N-dealkylation sites (tertiary alicyclic amines) is 1. The number of carbonyl (C=O) groups is 2. The summed E-state index contributed by atoms with van der Waals surface area (Å²) in [5.74, 6) is -0.808. The summed E-state index contributed by atoms with van der Waals surface area (Å²) in [6.07, 6.45) is 3.14. The molecule has 1 saturated heterocycles. The minimum absolute atomic E-state index is 0.0914. The standard InChI is InChI=1S/C14H20N4O4S/c1-2-21-13(20)12(10-9-23-14(15)16-10)17-22-8-11(19)18-6-4-3-5-7-18/h9H,2-8H2,1H3,(H2,15,16)/b17-12-. The quantitative estimate of drug-likeness (QED) is 0.471. The second-order valence-corrected chi connectivity index (χ2v) is 5.84. The Kier molecular flexibility index (Phi) is 6.33. The van der Waals surface area contributed by atoms with Crippen LogP contribution in [0.2, 0.25) is 0 Å². The molecule has 1 amide bonds. The molecule has 0 bridgehead atoms. The van der Waals surface area contributed by atoms with E-state index in [1.807, 2.05) is 0 Å². The summed E-state index contributed by atoms with van der Waals surface area (Å²) in [7, 11) is 0. The van der Waals surface area contributed by atoms with Crippen LogP contribution in [0.1, 0.15) is 31.9 Å². The van der Waals surface area contributed by atoms with Gasteiger partial charge in [-0.1, -0.05) is 5.16 Å². The first kappa shape index (κ1) is 17.2. The largest absolute Gasteiger partial charge is 0.461 e. The number of nitrogens with zero attached hydrogens (tertiary/aromatic N) is 3. The van der Waals surface area contributed by atoms with Gasteiger partial charge in [0.15, 0.2) is 11.7 Å². The number of nitrogen functional groups attached to an aromatic ring is 1. The van der Waals surface area contributed by atoms with E-state index < -0.39 is 5.97 Å². The van der Waals surface area contributed by atoms with Gasteiger partial charge in [-0.2, -0.15) is 0 Å². The molecule has 0 aromatic carbocycles. The molecule has 126 valence electrons. The van der Waals surface area contributed by atoms with Crippen molar-refractivity contribution in [3.8, 4) is 0 Å². The number of piperidine rings is 1. The third-order valence-electron chi connectivity index (χ3n) is 3.29. The van der Waals surface area contributed by atoms with Gasteiger partial charge < -0.3 is 20.2 Å². The lowest BCUT2D eigenvalue weighted by atomic mass is 10.1. The van der Waals surface area contributed by atoms with E-state index in [1.165, 1.54) is 11.3 Å². The molecule has 1 aromatic rings. The molecular formula is C14H20N4O4S. The molecule has 8 nitrogen and oxygen atoms in total. The van der Waals surface area contributed by atoms with Crippen molar-refractivity contribution in [1.82, 2.24) is 9.88 Å². The predicted octanol–water partition coefficient (Wildman–Crippen LogP) is 1.02. The van der Waals surface area contributed by atoms with Crippen LogP contribution in [0, 0.1) is 0 Å². The second-order valence-electron chi connectivity index (χ2n) is 4.95. The molecule has 2 rings (SSSR count). The fourth-order valence-electron chi connectivity index (χ4n) is 2.17. The number of rotatable bonds is 6. The van der Waals surface area contributed by atoms with Crippen molar-refractivity contribution in [3.63, 3.8) is 0 Å². The summed E-state index contributed by atoms with van der Waals surface area (Å²) >= 11 is 1.18. The van der Waals surface area contributed by atoms with Gasteiger partial charge in [-0.05, 0) is 26.2 Å². The second kappa shape index (κ2) is 8.47. The number of aromatic nitrogens is 1. The summed E-state index contributed by atoms with van der Waals surface area (Å²) in [6, 6.07) is 0. The van der Waals surface area contributed by atoms with Gasteiger partial charge in [-0.3, -0.25) is 4.79 Å². The number of oxime groups is 1. The molecule has 0 spiro atoms. The van der Waals surface area contributed by atoms with Gasteiger partial charge >= 0.3 is 5.97 Å². The number of nitrogens with two attached hydrogens (primary N) is 1. The fraction of sp³-hybridized carbons (Fsp3) is 0.571. The Morgan fingerprint density at radius 2 is 2.13 bits per heavy atom. The van der Waals surface area contributed by atoms with Crippen LogP contribution < -0.4 is 5.73 Å². The van der Waals surface area contributed by atoms with Gasteiger partial charge in [0.1, 0.15) is 5.69 Å². The van der Waals surface area contributed by atoms with E-state index >= 15 is 0 Å². The van der Waals surface area contributed by atoms with Crippen molar-refractivity contribution in [1.29, 1.82) is 0 Å². The molecule has 2 N–H and O–H groups in total. The molecule has 2 heterocycles. The molecule has 1 fully saturated rings. The van der Waals surface area contributed by atoms with Crippen molar-refractivity contribution in [2.75, 3.05) is 32.0 Å². The van der Waals surface area contributed by atoms with Crippen LogP contribution in [0.3, 0.4) is 0 Å². The smallest absolute Gasteiger partial charge is 0.362 e. The Morgan fingerprint density at radius 3 is 2.74 bits per heavy atom. The highest BCUT2D eigenvalue weighted by atomic mass is 32.1. The maximum atomic E-state index is 12.0. The Labute approximate surface area is 138 Å². The highest BCUT2D eigenvalue weighted by Gasteiger charge is 2.21. The zero-order chi connectivity index (χ0) is 16.7. The molecule has 0 radical (unpaired) electrons. The minimum Gasteiger partial charge on any atom is -0.461 e. The van der Waals surface area contributed by atoms with Crippen molar-refractivity contribution >= 4 is 34.1 Å². The number of hydrogen-bond acceptors (Lipinski definition) is 8. The summed E-state index contributed by atoms with van der Waals surface area (Å²) < 4.78 is 4.92. The Morgan fingerprint density at radius 1 is 1.39 bits per heavy atom. The van der Waals surface area contributed by atoms with Crippen LogP contribution >= 0.6 is 11.3 Å². The number of amides is 1. The molecule has 1 aromatic heterocycles. The van der Waals surface area contributed by atoms with Crippen LogP contribution in [0.4, 0.5) is 5.13 Å². The van der Waals surface area contributed by atoms with Crippen molar-refractivity contribution in [2.24, 2.45) is 5.16 Å². The van der Waals surface area contributed by atoms with Crippen LogP contribution in [-0.4, -0.2) is 53.8 Å². The molecule has 9 heteroatoms. The number of esters is 1. The summed E-state index contributed by atoms with van der Waals surface area (Å²) in [6.45, 7) is 3.14. The average molecular weight is 340 g/mol. The lowest BCUT2D eigenvalue weighted by Gasteiger charge is -2.26. The Bertz CT molecular complexity index is 581. The average Bonchev–Trinajstić information content (AvgIpc) is 2.98. The van der Waals surface area contributed by atoms with E-state index in [4.69, 9.17) is 15.3 Å². The van der Waals surface area contributed by atoms with Crippen molar-refractivity contribution in [3.05, 3.63) is 11.1 Å². The first-order valence-electron chi connectivity index (χ1n) is 7.48. The number of carbonyl (C=O) groups excluding carboxylic acids is 2. The number of anilines is 1. The van der Waals surface area contributed by atoms with Crippen LogP contribution in [0.5, 0.6) is 0 Å². The van der Waals surface area contributed by atoms with Crippen LogP contribution in [0.25, 0.3) is 0 Å². The van der Waals surface area contributed by atoms with Gasteiger partial charge in [0.2, 0.25) is 5.71 Å². The SMILES string of the molecule is CCOC(=O)/C(=N\OCC(=O)N1CCCCC1)c1csc(N)n1. The van der Waals surface area contributed by atoms with Crippen molar-refractivity contribution < 1.29 is 19.2 Å². The number of thiazole rings is 1. The molecule has 0 unspecified atom stereocenters. The zero-order valence-electron chi connectivity index (χ0n) is 13.0. The predicted molar refractivity (Wildman–Crippen MR) is 86.1 cm³/mol. The monoisotopic (exact) mass is 340 g/mol. The Hall–Kier alpha value is -2.16. The third kappa shape index (κ3) is 4.92. The molecule has 0 aliphatic carbocycles. The van der Waals surface area contributed by atoms with Gasteiger partial charge in [0, 0.05) is 18.5 Å². The molecular weight excluding hydrogens is 320 g/mol. The maximum absolute atomic E-state index is 12.0. The highest BCUT2D eigenvalue weighted by molar-refractivity contribution is 7.13. The normalized spacial score (nSPS) is 15.3. The first-order valence-corrected chi connectivity index (χ1v) is 8.36. The van der Waals surface area contributed by atoms with Gasteiger partial charge in [-0.25, -0.2) is 9.78 Å². The van der Waals surface area contributed by atoms with E-state index in [9.17, 15) is 9.59 Å². The number of hydrogen-bond donors (Lipinski definition) is 1. The number of ether oxygens (including phenoxy) is 1. The summed E-state index contributed by atoms with van der Waals surface area (Å²) in [4.78, 5) is 34.7. The van der Waals surface area contributed by atoms with E-state index in [0.717, 1.165) is 32.4 Å².